The monoisotopic (exact) mass is 172 g/mol. The highest BCUT2D eigenvalue weighted by molar-refractivity contribution is 7.98. The van der Waals surface area contributed by atoms with E-state index in [9.17, 15) is 10.0 Å². The lowest BCUT2D eigenvalue weighted by Crippen LogP contribution is -2.21. The molecule has 0 radical (unpaired) electrons. The Bertz CT molecular complexity index is 322. The van der Waals surface area contributed by atoms with E-state index >= 15 is 0 Å². The quantitative estimate of drug-likeness (QED) is 0.567. The second-order valence-electron chi connectivity index (χ2n) is 2.54. The number of nitrogens with zero attached hydrogens (tertiary/aromatic N) is 2. The molecule has 60 valence electrons. The Morgan fingerprint density at radius 1 is 1.45 bits per heavy atom. The molecule has 2 rings (SSSR count). The SMILES string of the molecule is Cn1c2c(n(O)c1=O)CSC2. The van der Waals surface area contributed by atoms with Gasteiger partial charge in [-0.05, 0) is 0 Å². The number of thioether (sulfide) groups is 1. The molecule has 1 aromatic heterocycles. The van der Waals surface area contributed by atoms with Gasteiger partial charge in [-0.3, -0.25) is 4.57 Å². The fourth-order valence-corrected chi connectivity index (χ4v) is 2.40. The van der Waals surface area contributed by atoms with Crippen LogP contribution in [0.25, 0.3) is 0 Å². The smallest absolute Gasteiger partial charge is 0.361 e. The van der Waals surface area contributed by atoms with E-state index < -0.39 is 0 Å². The van der Waals surface area contributed by atoms with Crippen molar-refractivity contribution in [3.63, 3.8) is 0 Å². The molecular formula is C6H8N2O2S. The van der Waals surface area contributed by atoms with Crippen molar-refractivity contribution in [1.82, 2.24) is 9.30 Å². The van der Waals surface area contributed by atoms with E-state index in [0.717, 1.165) is 27.6 Å². The molecule has 0 amide bonds. The Kier molecular flexibility index (Phi) is 1.29. The van der Waals surface area contributed by atoms with Gasteiger partial charge in [0, 0.05) is 18.6 Å². The molecule has 1 aliphatic heterocycles. The van der Waals surface area contributed by atoms with Gasteiger partial charge in [0.1, 0.15) is 0 Å². The van der Waals surface area contributed by atoms with E-state index in [1.165, 1.54) is 4.57 Å². The molecule has 0 saturated carbocycles. The normalized spacial score (nSPS) is 15.4. The molecule has 1 aliphatic rings. The summed E-state index contributed by atoms with van der Waals surface area (Å²) in [5.74, 6) is 1.57. The van der Waals surface area contributed by atoms with Crippen molar-refractivity contribution in [3.05, 3.63) is 21.9 Å². The lowest BCUT2D eigenvalue weighted by Gasteiger charge is -1.91. The molecule has 1 N–H and O–H groups in total. The lowest BCUT2D eigenvalue weighted by molar-refractivity contribution is 0.167. The molecule has 0 bridgehead atoms. The molecule has 0 aliphatic carbocycles. The third kappa shape index (κ3) is 0.742. The van der Waals surface area contributed by atoms with Gasteiger partial charge in [0.25, 0.3) is 0 Å². The van der Waals surface area contributed by atoms with Crippen LogP contribution in [0, 0.1) is 0 Å². The molecule has 0 saturated heterocycles. The molecule has 0 spiro atoms. The molecule has 5 heteroatoms. The summed E-state index contributed by atoms with van der Waals surface area (Å²) < 4.78 is 2.24. The summed E-state index contributed by atoms with van der Waals surface area (Å²) >= 11 is 1.71. The maximum atomic E-state index is 11.1. The molecule has 0 unspecified atom stereocenters. The lowest BCUT2D eigenvalue weighted by atomic mass is 10.4. The molecule has 11 heavy (non-hydrogen) atoms. The average Bonchev–Trinajstić information content (AvgIpc) is 2.53. The second kappa shape index (κ2) is 2.07. The Hall–Kier alpha value is -0.840. The van der Waals surface area contributed by atoms with Crippen LogP contribution >= 0.6 is 11.8 Å². The van der Waals surface area contributed by atoms with Gasteiger partial charge in [-0.2, -0.15) is 0 Å². The van der Waals surface area contributed by atoms with Crippen LogP contribution < -0.4 is 5.69 Å². The predicted molar refractivity (Wildman–Crippen MR) is 41.9 cm³/mol. The first-order valence-electron chi connectivity index (χ1n) is 3.28. The van der Waals surface area contributed by atoms with Crippen LogP contribution in [0.5, 0.6) is 0 Å². The van der Waals surface area contributed by atoms with Crippen LogP contribution in [0.4, 0.5) is 0 Å². The first kappa shape index (κ1) is 6.84. The minimum absolute atomic E-state index is 0.338. The summed E-state index contributed by atoms with van der Waals surface area (Å²) in [5.41, 5.74) is 1.36. The number of aromatic nitrogens is 2. The zero-order valence-electron chi connectivity index (χ0n) is 6.07. The van der Waals surface area contributed by atoms with Crippen LogP contribution in [0.1, 0.15) is 11.4 Å². The zero-order valence-corrected chi connectivity index (χ0v) is 6.89. The summed E-state index contributed by atoms with van der Waals surface area (Å²) in [5, 5.41) is 9.21. The Morgan fingerprint density at radius 2 is 2.09 bits per heavy atom. The number of hydrogen-bond donors (Lipinski definition) is 1. The van der Waals surface area contributed by atoms with Gasteiger partial charge in [0.15, 0.2) is 0 Å². The third-order valence-electron chi connectivity index (χ3n) is 1.94. The minimum Gasteiger partial charge on any atom is -0.424 e. The number of rotatable bonds is 0. The Labute approximate surface area is 67.4 Å². The van der Waals surface area contributed by atoms with E-state index in [-0.39, 0.29) is 5.69 Å². The van der Waals surface area contributed by atoms with E-state index in [2.05, 4.69) is 0 Å². The first-order chi connectivity index (χ1) is 5.22. The van der Waals surface area contributed by atoms with Crippen LogP contribution in [0.3, 0.4) is 0 Å². The van der Waals surface area contributed by atoms with E-state index in [0.29, 0.717) is 0 Å². The summed E-state index contributed by atoms with van der Waals surface area (Å²) in [6, 6.07) is 0. The van der Waals surface area contributed by atoms with E-state index in [1.54, 1.807) is 18.8 Å². The minimum atomic E-state index is -0.338. The van der Waals surface area contributed by atoms with Gasteiger partial charge >= 0.3 is 5.69 Å². The van der Waals surface area contributed by atoms with Crippen molar-refractivity contribution in [2.45, 2.75) is 11.5 Å². The maximum Gasteiger partial charge on any atom is 0.361 e. The summed E-state index contributed by atoms with van der Waals surface area (Å²) in [6.07, 6.45) is 0. The van der Waals surface area contributed by atoms with Crippen LogP contribution in [0.2, 0.25) is 0 Å². The van der Waals surface area contributed by atoms with Crippen LogP contribution in [-0.4, -0.2) is 14.5 Å². The van der Waals surface area contributed by atoms with Crippen LogP contribution in [0.15, 0.2) is 4.79 Å². The highest BCUT2D eigenvalue weighted by Crippen LogP contribution is 2.27. The van der Waals surface area contributed by atoms with Gasteiger partial charge < -0.3 is 5.21 Å². The van der Waals surface area contributed by atoms with Crippen molar-refractivity contribution in [2.24, 2.45) is 7.05 Å². The maximum absolute atomic E-state index is 11.1. The first-order valence-corrected chi connectivity index (χ1v) is 4.43. The molecule has 2 heterocycles. The van der Waals surface area contributed by atoms with E-state index in [4.69, 9.17) is 0 Å². The van der Waals surface area contributed by atoms with Crippen molar-refractivity contribution in [1.29, 1.82) is 0 Å². The summed E-state index contributed by atoms with van der Waals surface area (Å²) in [7, 11) is 1.68. The number of imidazole rings is 1. The van der Waals surface area contributed by atoms with Gasteiger partial charge in [0.05, 0.1) is 11.4 Å². The highest BCUT2D eigenvalue weighted by atomic mass is 32.2. The third-order valence-corrected chi connectivity index (χ3v) is 2.89. The molecule has 0 aromatic carbocycles. The Balaban J connectivity index is 2.78. The largest absolute Gasteiger partial charge is 0.424 e. The number of hydrogen-bond acceptors (Lipinski definition) is 3. The van der Waals surface area contributed by atoms with Gasteiger partial charge in [0.2, 0.25) is 0 Å². The zero-order chi connectivity index (χ0) is 8.01. The van der Waals surface area contributed by atoms with Gasteiger partial charge in [-0.25, -0.2) is 4.79 Å². The van der Waals surface area contributed by atoms with Crippen LogP contribution in [-0.2, 0) is 18.6 Å². The predicted octanol–water partition coefficient (Wildman–Crippen LogP) is 0.171. The number of fused-ring (bicyclic) bond motifs is 1. The fourth-order valence-electron chi connectivity index (χ4n) is 1.26. The molecule has 0 atom stereocenters. The topological polar surface area (TPSA) is 47.2 Å². The summed E-state index contributed by atoms with van der Waals surface area (Å²) in [6.45, 7) is 0. The van der Waals surface area contributed by atoms with Crippen molar-refractivity contribution >= 4 is 11.8 Å². The van der Waals surface area contributed by atoms with Crippen molar-refractivity contribution < 1.29 is 5.21 Å². The fraction of sp³-hybridized carbons (Fsp3) is 0.500. The average molecular weight is 172 g/mol. The van der Waals surface area contributed by atoms with E-state index in [1.807, 2.05) is 0 Å². The highest BCUT2D eigenvalue weighted by Gasteiger charge is 2.21. The Morgan fingerprint density at radius 3 is 2.73 bits per heavy atom. The molecule has 0 fully saturated rings. The molecule has 1 aromatic rings. The van der Waals surface area contributed by atoms with Gasteiger partial charge in [-0.15, -0.1) is 16.5 Å². The van der Waals surface area contributed by atoms with Crippen molar-refractivity contribution in [3.8, 4) is 0 Å². The van der Waals surface area contributed by atoms with Crippen molar-refractivity contribution in [2.75, 3.05) is 0 Å². The standard InChI is InChI=1S/C6H8N2O2S/c1-7-4-2-11-3-5(4)8(10)6(7)9/h10H,2-3H2,1H3. The second-order valence-corrected chi connectivity index (χ2v) is 3.53. The molecule has 4 nitrogen and oxygen atoms in total. The summed E-state index contributed by atoms with van der Waals surface area (Å²) in [4.78, 5) is 11.1. The van der Waals surface area contributed by atoms with Gasteiger partial charge in [-0.1, -0.05) is 0 Å². The molecular weight excluding hydrogens is 164 g/mol.